The van der Waals surface area contributed by atoms with E-state index in [1.165, 1.54) is 0 Å². The molecule has 0 unspecified atom stereocenters. The Labute approximate surface area is 92.8 Å². The van der Waals surface area contributed by atoms with Gasteiger partial charge in [-0.25, -0.2) is 4.79 Å². The number of carbonyl (C=O) groups excluding carboxylic acids is 2. The number of esters is 2. The molecule has 0 bridgehead atoms. The van der Waals surface area contributed by atoms with Crippen LogP contribution in [0.4, 0.5) is 0 Å². The zero-order valence-corrected chi connectivity index (χ0v) is 8.97. The summed E-state index contributed by atoms with van der Waals surface area (Å²) in [6.07, 6.45) is -0.0564. The monoisotopic (exact) mass is 230 g/mol. The average molecular weight is 230 g/mol. The fourth-order valence-corrected chi connectivity index (χ4v) is 0.772. The van der Waals surface area contributed by atoms with Gasteiger partial charge in [0, 0.05) is 6.08 Å². The Morgan fingerprint density at radius 2 is 2.00 bits per heavy atom. The normalized spacial score (nSPS) is 11.3. The van der Waals surface area contributed by atoms with Crippen molar-refractivity contribution in [1.82, 2.24) is 0 Å². The van der Waals surface area contributed by atoms with Gasteiger partial charge in [0.1, 0.15) is 12.7 Å². The number of hydrogen-bond donors (Lipinski definition) is 1. The quantitative estimate of drug-likeness (QED) is 0.506. The van der Waals surface area contributed by atoms with Gasteiger partial charge in [0.25, 0.3) is 0 Å². The number of hydrogen-bond acceptors (Lipinski definition) is 5. The third-order valence-corrected chi connectivity index (χ3v) is 1.51. The molecule has 0 aliphatic heterocycles. The van der Waals surface area contributed by atoms with E-state index in [4.69, 9.17) is 9.84 Å². The summed E-state index contributed by atoms with van der Waals surface area (Å²) in [5.74, 6) is -2.30. The first-order valence-electron chi connectivity index (χ1n) is 4.66. The molecule has 6 nitrogen and oxygen atoms in total. The second-order valence-electron chi connectivity index (χ2n) is 3.03. The number of carbonyl (C=O) groups is 3. The summed E-state index contributed by atoms with van der Waals surface area (Å²) in [5.41, 5.74) is 0. The summed E-state index contributed by atoms with van der Waals surface area (Å²) in [4.78, 5) is 31.8. The van der Waals surface area contributed by atoms with Gasteiger partial charge in [-0.3, -0.25) is 9.59 Å². The van der Waals surface area contributed by atoms with Gasteiger partial charge in [0.2, 0.25) is 0 Å². The van der Waals surface area contributed by atoms with Crippen molar-refractivity contribution >= 4 is 17.9 Å². The second-order valence-corrected chi connectivity index (χ2v) is 3.03. The molecule has 0 aliphatic rings. The van der Waals surface area contributed by atoms with Crippen LogP contribution < -0.4 is 0 Å². The molecule has 6 heteroatoms. The molecule has 0 saturated heterocycles. The van der Waals surface area contributed by atoms with Crippen LogP contribution in [0.2, 0.25) is 0 Å². The molecule has 0 aliphatic carbocycles. The predicted octanol–water partition coefficient (Wildman–Crippen LogP) is 0.512. The molecule has 90 valence electrons. The molecule has 0 rings (SSSR count). The highest BCUT2D eigenvalue weighted by Gasteiger charge is 2.11. The number of aliphatic carboxylic acids is 1. The van der Waals surface area contributed by atoms with E-state index in [1.807, 2.05) is 0 Å². The Morgan fingerprint density at radius 3 is 2.50 bits per heavy atom. The molecule has 16 heavy (non-hydrogen) atoms. The molecular formula is C10H14O6. The van der Waals surface area contributed by atoms with E-state index in [1.54, 1.807) is 6.92 Å². The first kappa shape index (κ1) is 14.2. The van der Waals surface area contributed by atoms with Crippen LogP contribution in [0.5, 0.6) is 0 Å². The van der Waals surface area contributed by atoms with Crippen molar-refractivity contribution in [1.29, 1.82) is 0 Å². The van der Waals surface area contributed by atoms with Crippen molar-refractivity contribution in [3.63, 3.8) is 0 Å². The van der Waals surface area contributed by atoms with E-state index in [2.05, 4.69) is 11.3 Å². The van der Waals surface area contributed by atoms with Crippen molar-refractivity contribution in [3.05, 3.63) is 12.7 Å². The van der Waals surface area contributed by atoms with Crippen LogP contribution in [0.15, 0.2) is 12.7 Å². The van der Waals surface area contributed by atoms with Crippen LogP contribution in [0, 0.1) is 0 Å². The van der Waals surface area contributed by atoms with Crippen molar-refractivity contribution in [3.8, 4) is 0 Å². The molecule has 1 N–H and O–H groups in total. The standard InChI is InChI=1S/C10H14O6/c1-3-9(13)16-7(2)6-15-10(14)5-4-8(11)12/h3,7H,1,4-6H2,2H3,(H,11,12)/t7-/m0/s1. The van der Waals surface area contributed by atoms with Crippen molar-refractivity contribution in [2.75, 3.05) is 6.61 Å². The smallest absolute Gasteiger partial charge is 0.330 e. The third-order valence-electron chi connectivity index (χ3n) is 1.51. The van der Waals surface area contributed by atoms with Gasteiger partial charge >= 0.3 is 17.9 Å². The summed E-state index contributed by atoms with van der Waals surface area (Å²) in [7, 11) is 0. The summed E-state index contributed by atoms with van der Waals surface area (Å²) in [6, 6.07) is 0. The first-order valence-corrected chi connectivity index (χ1v) is 4.66. The maximum absolute atomic E-state index is 11.0. The zero-order chi connectivity index (χ0) is 12.6. The van der Waals surface area contributed by atoms with Crippen LogP contribution in [0.1, 0.15) is 19.8 Å². The van der Waals surface area contributed by atoms with E-state index in [0.29, 0.717) is 0 Å². The molecule has 0 radical (unpaired) electrons. The van der Waals surface area contributed by atoms with Crippen LogP contribution in [-0.2, 0) is 23.9 Å². The Morgan fingerprint density at radius 1 is 1.38 bits per heavy atom. The molecule has 0 heterocycles. The molecule has 0 amide bonds. The molecule has 0 spiro atoms. The van der Waals surface area contributed by atoms with Crippen molar-refractivity contribution in [2.24, 2.45) is 0 Å². The Kier molecular flexibility index (Phi) is 6.58. The molecule has 1 atom stereocenters. The minimum atomic E-state index is -1.07. The second kappa shape index (κ2) is 7.44. The average Bonchev–Trinajstić information content (AvgIpc) is 2.23. The number of rotatable bonds is 7. The largest absolute Gasteiger partial charge is 0.481 e. The zero-order valence-electron chi connectivity index (χ0n) is 8.97. The maximum atomic E-state index is 11.0. The fraction of sp³-hybridized carbons (Fsp3) is 0.500. The van der Waals surface area contributed by atoms with Gasteiger partial charge in [-0.1, -0.05) is 6.58 Å². The minimum absolute atomic E-state index is 0.0992. The third kappa shape index (κ3) is 7.54. The highest BCUT2D eigenvalue weighted by Crippen LogP contribution is 1.97. The lowest BCUT2D eigenvalue weighted by Crippen LogP contribution is -2.21. The van der Waals surface area contributed by atoms with Crippen molar-refractivity contribution in [2.45, 2.75) is 25.9 Å². The fourth-order valence-electron chi connectivity index (χ4n) is 0.772. The van der Waals surface area contributed by atoms with E-state index < -0.39 is 24.0 Å². The van der Waals surface area contributed by atoms with Gasteiger partial charge < -0.3 is 14.6 Å². The number of carboxylic acid groups (broad SMARTS) is 1. The Balaban J connectivity index is 3.70. The first-order chi connectivity index (χ1) is 7.45. The van der Waals surface area contributed by atoms with Gasteiger partial charge in [0.15, 0.2) is 0 Å². The van der Waals surface area contributed by atoms with E-state index in [9.17, 15) is 14.4 Å². The summed E-state index contributed by atoms with van der Waals surface area (Å²) in [5, 5.41) is 8.30. The molecule has 0 aromatic rings. The SMILES string of the molecule is C=CC(=O)O[C@@H](C)COC(=O)CCC(=O)O. The van der Waals surface area contributed by atoms with Crippen LogP contribution in [0.25, 0.3) is 0 Å². The maximum Gasteiger partial charge on any atom is 0.330 e. The lowest BCUT2D eigenvalue weighted by Gasteiger charge is -2.11. The number of carboxylic acids is 1. The van der Waals surface area contributed by atoms with E-state index >= 15 is 0 Å². The summed E-state index contributed by atoms with van der Waals surface area (Å²) < 4.78 is 9.41. The molecule has 0 saturated carbocycles. The minimum Gasteiger partial charge on any atom is -0.481 e. The van der Waals surface area contributed by atoms with Crippen LogP contribution >= 0.6 is 0 Å². The van der Waals surface area contributed by atoms with Crippen LogP contribution in [0.3, 0.4) is 0 Å². The van der Waals surface area contributed by atoms with E-state index in [0.717, 1.165) is 6.08 Å². The van der Waals surface area contributed by atoms with E-state index in [-0.39, 0.29) is 19.4 Å². The lowest BCUT2D eigenvalue weighted by atomic mass is 10.3. The summed E-state index contributed by atoms with van der Waals surface area (Å²) in [6.45, 7) is 4.66. The Hall–Kier alpha value is -1.85. The Bertz CT molecular complexity index is 283. The van der Waals surface area contributed by atoms with Gasteiger partial charge in [0.05, 0.1) is 12.8 Å². The van der Waals surface area contributed by atoms with Gasteiger partial charge in [-0.2, -0.15) is 0 Å². The topological polar surface area (TPSA) is 89.9 Å². The molecule has 0 fully saturated rings. The summed E-state index contributed by atoms with van der Waals surface area (Å²) >= 11 is 0. The van der Waals surface area contributed by atoms with Crippen LogP contribution in [-0.4, -0.2) is 35.7 Å². The highest BCUT2D eigenvalue weighted by molar-refractivity contribution is 5.81. The van der Waals surface area contributed by atoms with Gasteiger partial charge in [-0.05, 0) is 6.92 Å². The molecular weight excluding hydrogens is 216 g/mol. The number of ether oxygens (including phenoxy) is 2. The highest BCUT2D eigenvalue weighted by atomic mass is 16.6. The van der Waals surface area contributed by atoms with Gasteiger partial charge in [-0.15, -0.1) is 0 Å². The lowest BCUT2D eigenvalue weighted by molar-refractivity contribution is -0.155. The van der Waals surface area contributed by atoms with Crippen molar-refractivity contribution < 1.29 is 29.0 Å². The molecule has 0 aromatic heterocycles. The predicted molar refractivity (Wildman–Crippen MR) is 53.6 cm³/mol. The molecule has 0 aromatic carbocycles.